The zero-order valence-corrected chi connectivity index (χ0v) is 15.3. The van der Waals surface area contributed by atoms with Gasteiger partial charge < -0.3 is 9.53 Å². The molecule has 0 amide bonds. The summed E-state index contributed by atoms with van der Waals surface area (Å²) in [5, 5.41) is 10.0. The highest BCUT2D eigenvalue weighted by Gasteiger charge is 2.36. The SMILES string of the molecule is CC(C)(C)[Si](C)(C)OCCC(O)C#C[Si](C)(C)C. The van der Waals surface area contributed by atoms with Gasteiger partial charge in [0.25, 0.3) is 0 Å². The molecule has 0 aliphatic rings. The van der Waals surface area contributed by atoms with Crippen molar-refractivity contribution in [1.29, 1.82) is 0 Å². The Hall–Kier alpha value is -0.0862. The van der Waals surface area contributed by atoms with Crippen LogP contribution in [0.4, 0.5) is 0 Å². The topological polar surface area (TPSA) is 29.5 Å². The minimum atomic E-state index is -1.68. The summed E-state index contributed by atoms with van der Waals surface area (Å²) in [6.07, 6.45) is 0.0748. The highest BCUT2D eigenvalue weighted by atomic mass is 28.4. The first-order chi connectivity index (χ1) is 7.85. The minimum absolute atomic E-state index is 0.224. The lowest BCUT2D eigenvalue weighted by atomic mass is 10.2. The fraction of sp³-hybridized carbons (Fsp3) is 0.857. The standard InChI is InChI=1S/C14H30O2Si2/c1-14(2,3)18(7,8)16-11-9-13(15)10-12-17(4,5)6/h13,15H,9,11H2,1-8H3. The number of hydrogen-bond acceptors (Lipinski definition) is 2. The van der Waals surface area contributed by atoms with E-state index in [1.54, 1.807) is 0 Å². The zero-order chi connectivity index (χ0) is 14.6. The van der Waals surface area contributed by atoms with Crippen LogP contribution in [-0.4, -0.2) is 34.2 Å². The van der Waals surface area contributed by atoms with Gasteiger partial charge in [0.05, 0.1) is 0 Å². The quantitative estimate of drug-likeness (QED) is 0.631. The van der Waals surface area contributed by atoms with Crippen molar-refractivity contribution in [2.24, 2.45) is 0 Å². The molecule has 1 N–H and O–H groups in total. The summed E-state index contributed by atoms with van der Waals surface area (Å²) in [6.45, 7) is 18.3. The Morgan fingerprint density at radius 3 is 2.00 bits per heavy atom. The molecule has 0 aromatic rings. The lowest BCUT2D eigenvalue weighted by Crippen LogP contribution is -2.41. The van der Waals surface area contributed by atoms with E-state index >= 15 is 0 Å². The molecule has 18 heavy (non-hydrogen) atoms. The van der Waals surface area contributed by atoms with E-state index in [2.05, 4.69) is 65.0 Å². The van der Waals surface area contributed by atoms with Gasteiger partial charge in [-0.05, 0) is 18.1 Å². The van der Waals surface area contributed by atoms with E-state index in [9.17, 15) is 5.11 Å². The van der Waals surface area contributed by atoms with Gasteiger partial charge in [0.15, 0.2) is 8.32 Å². The molecule has 106 valence electrons. The normalized spacial score (nSPS) is 14.9. The Balaban J connectivity index is 4.17. The number of aliphatic hydroxyl groups excluding tert-OH is 1. The lowest BCUT2D eigenvalue weighted by molar-refractivity contribution is 0.179. The van der Waals surface area contributed by atoms with Crippen LogP contribution in [0.5, 0.6) is 0 Å². The van der Waals surface area contributed by atoms with Gasteiger partial charge in [-0.2, -0.15) is 0 Å². The van der Waals surface area contributed by atoms with Crippen molar-refractivity contribution >= 4 is 16.4 Å². The molecule has 0 fully saturated rings. The molecule has 0 heterocycles. The molecular formula is C14H30O2Si2. The van der Waals surface area contributed by atoms with Crippen molar-refractivity contribution in [2.45, 2.75) is 71.1 Å². The zero-order valence-electron chi connectivity index (χ0n) is 13.3. The Bertz CT molecular complexity index is 313. The van der Waals surface area contributed by atoms with Gasteiger partial charge in [0, 0.05) is 13.0 Å². The van der Waals surface area contributed by atoms with Gasteiger partial charge in [-0.25, -0.2) is 0 Å². The highest BCUT2D eigenvalue weighted by molar-refractivity contribution is 6.83. The van der Waals surface area contributed by atoms with Gasteiger partial charge in [-0.1, -0.05) is 46.3 Å². The molecule has 1 unspecified atom stereocenters. The van der Waals surface area contributed by atoms with Crippen molar-refractivity contribution in [2.75, 3.05) is 6.61 Å². The average Bonchev–Trinajstić information content (AvgIpc) is 2.11. The summed E-state index contributed by atoms with van der Waals surface area (Å²) < 4.78 is 6.02. The molecular weight excluding hydrogens is 256 g/mol. The maximum absolute atomic E-state index is 9.80. The first-order valence-corrected chi connectivity index (χ1v) is 13.1. The Morgan fingerprint density at radius 1 is 1.11 bits per heavy atom. The van der Waals surface area contributed by atoms with Crippen LogP contribution in [0.1, 0.15) is 27.2 Å². The van der Waals surface area contributed by atoms with E-state index in [4.69, 9.17) is 4.43 Å². The average molecular weight is 287 g/mol. The molecule has 1 atom stereocenters. The largest absolute Gasteiger partial charge is 0.417 e. The highest BCUT2D eigenvalue weighted by Crippen LogP contribution is 2.36. The van der Waals surface area contributed by atoms with Gasteiger partial charge in [-0.15, -0.1) is 5.54 Å². The van der Waals surface area contributed by atoms with Crippen molar-refractivity contribution in [3.05, 3.63) is 0 Å². The number of rotatable bonds is 4. The van der Waals surface area contributed by atoms with E-state index in [0.29, 0.717) is 13.0 Å². The van der Waals surface area contributed by atoms with Gasteiger partial charge in [-0.3, -0.25) is 0 Å². The second kappa shape index (κ2) is 6.38. The third kappa shape index (κ3) is 7.37. The summed E-state index contributed by atoms with van der Waals surface area (Å²) in [5.74, 6) is 2.95. The van der Waals surface area contributed by atoms with Crippen molar-refractivity contribution < 1.29 is 9.53 Å². The van der Waals surface area contributed by atoms with Crippen LogP contribution >= 0.6 is 0 Å². The van der Waals surface area contributed by atoms with Crippen LogP contribution in [0.2, 0.25) is 37.8 Å². The third-order valence-corrected chi connectivity index (χ3v) is 8.71. The first kappa shape index (κ1) is 17.9. The summed E-state index contributed by atoms with van der Waals surface area (Å²) in [6, 6.07) is 0. The molecule has 0 saturated carbocycles. The third-order valence-electron chi connectivity index (χ3n) is 3.27. The molecule has 4 heteroatoms. The van der Waals surface area contributed by atoms with E-state index in [0.717, 1.165) is 0 Å². The van der Waals surface area contributed by atoms with Crippen LogP contribution in [-0.2, 0) is 4.43 Å². The van der Waals surface area contributed by atoms with Crippen LogP contribution in [0.25, 0.3) is 0 Å². The van der Waals surface area contributed by atoms with Crippen LogP contribution < -0.4 is 0 Å². The molecule has 0 saturated heterocycles. The number of hydrogen-bond donors (Lipinski definition) is 1. The molecule has 0 spiro atoms. The van der Waals surface area contributed by atoms with Crippen LogP contribution in [0, 0.1) is 11.5 Å². The Kier molecular flexibility index (Phi) is 6.35. The molecule has 0 radical (unpaired) electrons. The maximum Gasteiger partial charge on any atom is 0.191 e. The monoisotopic (exact) mass is 286 g/mol. The van der Waals surface area contributed by atoms with Gasteiger partial charge in [0.2, 0.25) is 0 Å². The predicted octanol–water partition coefficient (Wildman–Crippen LogP) is 3.64. The lowest BCUT2D eigenvalue weighted by Gasteiger charge is -2.36. The number of aliphatic hydroxyl groups is 1. The van der Waals surface area contributed by atoms with E-state index in [1.165, 1.54) is 0 Å². The smallest absolute Gasteiger partial charge is 0.191 e. The summed E-state index contributed by atoms with van der Waals surface area (Å²) in [5.41, 5.74) is 3.19. The second-order valence-electron chi connectivity index (χ2n) is 7.43. The molecule has 0 aliphatic heterocycles. The molecule has 0 aliphatic carbocycles. The van der Waals surface area contributed by atoms with Gasteiger partial charge >= 0.3 is 0 Å². The fourth-order valence-electron chi connectivity index (χ4n) is 1.01. The summed E-state index contributed by atoms with van der Waals surface area (Å²) >= 11 is 0. The molecule has 0 aromatic carbocycles. The van der Waals surface area contributed by atoms with Crippen molar-refractivity contribution in [3.8, 4) is 11.5 Å². The van der Waals surface area contributed by atoms with E-state index in [-0.39, 0.29) is 5.04 Å². The fourth-order valence-corrected chi connectivity index (χ4v) is 2.67. The summed E-state index contributed by atoms with van der Waals surface area (Å²) in [4.78, 5) is 0. The summed E-state index contributed by atoms with van der Waals surface area (Å²) in [7, 11) is -3.06. The molecule has 2 nitrogen and oxygen atoms in total. The molecule has 0 rings (SSSR count). The van der Waals surface area contributed by atoms with Crippen LogP contribution in [0.15, 0.2) is 0 Å². The molecule has 0 aromatic heterocycles. The predicted molar refractivity (Wildman–Crippen MR) is 84.9 cm³/mol. The Morgan fingerprint density at radius 2 is 1.61 bits per heavy atom. The molecule has 0 bridgehead atoms. The van der Waals surface area contributed by atoms with E-state index < -0.39 is 22.5 Å². The maximum atomic E-state index is 9.80. The second-order valence-corrected chi connectivity index (χ2v) is 17.0. The van der Waals surface area contributed by atoms with Crippen LogP contribution in [0.3, 0.4) is 0 Å². The van der Waals surface area contributed by atoms with E-state index in [1.807, 2.05) is 0 Å². The van der Waals surface area contributed by atoms with Crippen molar-refractivity contribution in [1.82, 2.24) is 0 Å². The first-order valence-electron chi connectivity index (χ1n) is 6.70. The van der Waals surface area contributed by atoms with Crippen molar-refractivity contribution in [3.63, 3.8) is 0 Å². The van der Waals surface area contributed by atoms with Gasteiger partial charge in [0.1, 0.15) is 14.2 Å². The Labute approximate surface area is 115 Å². The minimum Gasteiger partial charge on any atom is -0.417 e.